The molecule has 184 valence electrons. The predicted octanol–water partition coefficient (Wildman–Crippen LogP) is 2.39. The third-order valence-electron chi connectivity index (χ3n) is 3.68. The average Bonchev–Trinajstić information content (AvgIpc) is 2.82. The number of hydrogen-bond donors (Lipinski definition) is 2. The van der Waals surface area contributed by atoms with Gasteiger partial charge in [-0.1, -0.05) is 23.9 Å². The molecule has 0 aliphatic rings. The highest BCUT2D eigenvalue weighted by Crippen LogP contribution is 2.25. The first kappa shape index (κ1) is 27.5. The molecule has 1 aromatic heterocycles. The minimum atomic E-state index is -4.45. The van der Waals surface area contributed by atoms with Gasteiger partial charge < -0.3 is 9.47 Å². The highest BCUT2D eigenvalue weighted by atomic mass is 32.2. The smallest absolute Gasteiger partial charge is 0.339 e. The number of benzene rings is 1. The normalized spacial score (nSPS) is 10.8. The summed E-state index contributed by atoms with van der Waals surface area (Å²) in [5, 5.41) is 1.93. The van der Waals surface area contributed by atoms with Crippen molar-refractivity contribution in [3.05, 3.63) is 35.7 Å². The number of ether oxygens (including phenoxy) is 2. The van der Waals surface area contributed by atoms with Crippen LogP contribution >= 0.6 is 35.7 Å². The van der Waals surface area contributed by atoms with Gasteiger partial charge in [0.25, 0.3) is 10.0 Å². The fourth-order valence-electron chi connectivity index (χ4n) is 2.30. The Morgan fingerprint density at radius 2 is 1.74 bits per heavy atom. The minimum Gasteiger partial charge on any atom is -0.467 e. The van der Waals surface area contributed by atoms with Crippen LogP contribution in [-0.2, 0) is 20.5 Å². The number of hydrogen-bond acceptors (Lipinski definition) is 13. The second kappa shape index (κ2) is 12.6. The average molecular weight is 549 g/mol. The Kier molecular flexibility index (Phi) is 10.2. The maximum absolute atomic E-state index is 12.7. The standard InChI is InChI=1S/C17H20N6O7S4/c1-29-13(24)10-7-5-6-8-11(10)34(27,28)22-15(25)20-14-18-12(19-16(21-14)30-2)9-33-17(26)23(31-3)32-4/h5-8H,9H2,1-4H3,(H2,18,19,20,21,22,25). The number of anilines is 1. The summed E-state index contributed by atoms with van der Waals surface area (Å²) in [6, 6.07) is 3.88. The van der Waals surface area contributed by atoms with Crippen molar-refractivity contribution in [2.24, 2.45) is 0 Å². The summed E-state index contributed by atoms with van der Waals surface area (Å²) >= 11 is 3.39. The van der Waals surface area contributed by atoms with Crippen molar-refractivity contribution in [1.82, 2.24) is 23.4 Å². The van der Waals surface area contributed by atoms with Crippen LogP contribution in [-0.4, -0.2) is 71.1 Å². The van der Waals surface area contributed by atoms with Crippen LogP contribution in [0.1, 0.15) is 16.2 Å². The third kappa shape index (κ3) is 7.37. The second-order valence-corrected chi connectivity index (χ2v) is 10.1. The van der Waals surface area contributed by atoms with Crippen LogP contribution in [0.4, 0.5) is 15.5 Å². The number of amides is 3. The zero-order valence-corrected chi connectivity index (χ0v) is 21.6. The number of urea groups is 1. The van der Waals surface area contributed by atoms with Gasteiger partial charge in [0.05, 0.1) is 25.5 Å². The van der Waals surface area contributed by atoms with Gasteiger partial charge >= 0.3 is 23.3 Å². The lowest BCUT2D eigenvalue weighted by Crippen LogP contribution is -2.35. The first-order valence-electron chi connectivity index (χ1n) is 9.00. The van der Waals surface area contributed by atoms with Gasteiger partial charge in [-0.15, -0.1) is 0 Å². The van der Waals surface area contributed by atoms with E-state index in [0.29, 0.717) is 0 Å². The maximum Gasteiger partial charge on any atom is 0.339 e. The molecule has 0 radical (unpaired) electrons. The zero-order chi connectivity index (χ0) is 25.3. The number of rotatable bonds is 9. The molecule has 13 nitrogen and oxygen atoms in total. The fraction of sp³-hybridized carbons (Fsp3) is 0.294. The van der Waals surface area contributed by atoms with E-state index in [-0.39, 0.29) is 34.3 Å². The summed E-state index contributed by atoms with van der Waals surface area (Å²) in [5.41, 5.74) is -0.249. The summed E-state index contributed by atoms with van der Waals surface area (Å²) in [6.07, 6.45) is 3.50. The van der Waals surface area contributed by atoms with Crippen molar-refractivity contribution < 1.29 is 32.3 Å². The Hall–Kier alpha value is -2.76. The molecule has 1 heterocycles. The molecule has 17 heteroatoms. The monoisotopic (exact) mass is 548 g/mol. The lowest BCUT2D eigenvalue weighted by atomic mass is 10.2. The fourth-order valence-corrected chi connectivity index (χ4v) is 5.54. The minimum absolute atomic E-state index is 0.0381. The largest absolute Gasteiger partial charge is 0.467 e. The van der Waals surface area contributed by atoms with E-state index in [2.05, 4.69) is 25.0 Å². The molecule has 0 unspecified atom stereocenters. The van der Waals surface area contributed by atoms with Crippen molar-refractivity contribution in [3.63, 3.8) is 0 Å². The quantitative estimate of drug-likeness (QED) is 0.346. The van der Waals surface area contributed by atoms with Gasteiger partial charge in [-0.2, -0.15) is 15.0 Å². The molecule has 0 fully saturated rings. The Morgan fingerprint density at radius 1 is 1.06 bits per heavy atom. The Labute approximate surface area is 208 Å². The molecule has 2 rings (SSSR count). The Morgan fingerprint density at radius 3 is 2.35 bits per heavy atom. The molecule has 1 aromatic carbocycles. The summed E-state index contributed by atoms with van der Waals surface area (Å²) in [6.45, 7) is 0. The van der Waals surface area contributed by atoms with Crippen molar-refractivity contribution in [2.45, 2.75) is 10.6 Å². The van der Waals surface area contributed by atoms with Crippen LogP contribution in [0.2, 0.25) is 0 Å². The van der Waals surface area contributed by atoms with Crippen LogP contribution in [0, 0.1) is 0 Å². The SMILES string of the molecule is COC(=O)c1ccccc1S(=O)(=O)NC(=O)Nc1nc(CSC(=O)N(SC)SC)nc(OC)n1. The highest BCUT2D eigenvalue weighted by Gasteiger charge is 2.25. The van der Waals surface area contributed by atoms with Crippen molar-refractivity contribution in [2.75, 3.05) is 32.0 Å². The number of carbonyl (C=O) groups excluding carboxylic acids is 3. The van der Waals surface area contributed by atoms with Gasteiger partial charge in [0, 0.05) is 12.5 Å². The molecule has 2 N–H and O–H groups in total. The molecule has 0 bridgehead atoms. The number of carbonyl (C=O) groups is 3. The van der Waals surface area contributed by atoms with Crippen LogP contribution in [0.25, 0.3) is 0 Å². The van der Waals surface area contributed by atoms with E-state index < -0.39 is 26.9 Å². The van der Waals surface area contributed by atoms with Crippen molar-refractivity contribution in [3.8, 4) is 6.01 Å². The number of aromatic nitrogens is 3. The van der Waals surface area contributed by atoms with Crippen molar-refractivity contribution in [1.29, 1.82) is 0 Å². The lowest BCUT2D eigenvalue weighted by Gasteiger charge is -2.14. The van der Waals surface area contributed by atoms with Gasteiger partial charge in [-0.3, -0.25) is 10.1 Å². The lowest BCUT2D eigenvalue weighted by molar-refractivity contribution is 0.0596. The number of esters is 1. The third-order valence-corrected chi connectivity index (χ3v) is 8.03. The van der Waals surface area contributed by atoms with E-state index in [0.717, 1.165) is 24.9 Å². The van der Waals surface area contributed by atoms with E-state index in [1.807, 2.05) is 0 Å². The summed E-state index contributed by atoms with van der Waals surface area (Å²) in [4.78, 5) is 47.8. The van der Waals surface area contributed by atoms with Gasteiger partial charge in [-0.25, -0.2) is 26.4 Å². The molecule has 2 aromatic rings. The number of thioether (sulfide) groups is 1. The van der Waals surface area contributed by atoms with E-state index in [4.69, 9.17) is 4.74 Å². The number of nitrogens with one attached hydrogen (secondary N) is 2. The molecule has 34 heavy (non-hydrogen) atoms. The van der Waals surface area contributed by atoms with E-state index in [1.54, 1.807) is 17.2 Å². The van der Waals surface area contributed by atoms with Crippen LogP contribution in [0.15, 0.2) is 29.2 Å². The van der Waals surface area contributed by atoms with Gasteiger partial charge in [0.2, 0.25) is 5.95 Å². The number of methoxy groups -OCH3 is 2. The van der Waals surface area contributed by atoms with Crippen LogP contribution in [0.3, 0.4) is 0 Å². The zero-order valence-electron chi connectivity index (χ0n) is 18.3. The molecular weight excluding hydrogens is 528 g/mol. The maximum atomic E-state index is 12.7. The molecule has 3 amide bonds. The van der Waals surface area contributed by atoms with Gasteiger partial charge in [0.15, 0.2) is 0 Å². The molecule has 0 saturated carbocycles. The predicted molar refractivity (Wildman–Crippen MR) is 129 cm³/mol. The second-order valence-electron chi connectivity index (χ2n) is 5.79. The Bertz CT molecular complexity index is 1160. The summed E-state index contributed by atoms with van der Waals surface area (Å²) in [7, 11) is -2.06. The highest BCUT2D eigenvalue weighted by molar-refractivity contribution is 8.19. The van der Waals surface area contributed by atoms with Crippen LogP contribution in [0.5, 0.6) is 6.01 Å². The molecule has 0 aliphatic heterocycles. The van der Waals surface area contributed by atoms with Crippen molar-refractivity contribution >= 4 is 68.9 Å². The molecule has 0 aliphatic carbocycles. The van der Waals surface area contributed by atoms with Gasteiger partial charge in [0.1, 0.15) is 10.7 Å². The van der Waals surface area contributed by atoms with E-state index in [1.165, 1.54) is 52.9 Å². The van der Waals surface area contributed by atoms with Crippen LogP contribution < -0.4 is 14.8 Å². The molecule has 0 spiro atoms. The number of nitrogens with zero attached hydrogens (tertiary/aromatic N) is 4. The molecule has 0 saturated heterocycles. The molecule has 0 atom stereocenters. The number of sulfonamides is 1. The summed E-state index contributed by atoms with van der Waals surface area (Å²) in [5.74, 6) is -1.05. The topological polar surface area (TPSA) is 170 Å². The van der Waals surface area contributed by atoms with E-state index in [9.17, 15) is 22.8 Å². The summed E-state index contributed by atoms with van der Waals surface area (Å²) < 4.78 is 38.1. The Balaban J connectivity index is 2.17. The first-order valence-corrected chi connectivity index (χ1v) is 13.8. The first-order chi connectivity index (χ1) is 16.1. The van der Waals surface area contributed by atoms with Gasteiger partial charge in [-0.05, 0) is 36.0 Å². The van der Waals surface area contributed by atoms with E-state index >= 15 is 0 Å². The molecular formula is C17H20N6O7S4.